The van der Waals surface area contributed by atoms with Gasteiger partial charge in [-0.25, -0.2) is 0 Å². The summed E-state index contributed by atoms with van der Waals surface area (Å²) >= 11 is 6.05. The van der Waals surface area contributed by atoms with E-state index in [0.717, 1.165) is 34.9 Å². The van der Waals surface area contributed by atoms with Crippen LogP contribution in [0.1, 0.15) is 24.0 Å². The van der Waals surface area contributed by atoms with Gasteiger partial charge in [-0.2, -0.15) is 0 Å². The summed E-state index contributed by atoms with van der Waals surface area (Å²) in [5, 5.41) is 11.6. The molecule has 0 aliphatic heterocycles. The highest BCUT2D eigenvalue weighted by molar-refractivity contribution is 6.31. The van der Waals surface area contributed by atoms with Crippen molar-refractivity contribution in [3.05, 3.63) is 70.9 Å². The first-order chi connectivity index (χ1) is 13.2. The van der Waals surface area contributed by atoms with Crippen molar-refractivity contribution >= 4 is 28.4 Å². The molecule has 2 N–H and O–H groups in total. The summed E-state index contributed by atoms with van der Waals surface area (Å²) in [5.41, 5.74) is 2.97. The summed E-state index contributed by atoms with van der Waals surface area (Å²) in [7, 11) is 0. The van der Waals surface area contributed by atoms with Crippen LogP contribution in [-0.2, 0) is 17.8 Å². The summed E-state index contributed by atoms with van der Waals surface area (Å²) in [6.07, 6.45) is 4.34. The summed E-state index contributed by atoms with van der Waals surface area (Å²) in [6.45, 7) is 0.530. The smallest absolute Gasteiger partial charge is 0.227 e. The monoisotopic (exact) mass is 382 g/mol. The van der Waals surface area contributed by atoms with Crippen LogP contribution in [0.2, 0.25) is 5.02 Å². The van der Waals surface area contributed by atoms with E-state index >= 15 is 0 Å². The Hall–Kier alpha value is -2.30. The van der Waals surface area contributed by atoms with Gasteiger partial charge in [-0.3, -0.25) is 4.79 Å². The Bertz CT molecular complexity index is 934. The van der Waals surface area contributed by atoms with Gasteiger partial charge in [0.25, 0.3) is 0 Å². The molecule has 0 radical (unpaired) electrons. The highest BCUT2D eigenvalue weighted by Crippen LogP contribution is 2.36. The molecule has 1 aliphatic rings. The lowest BCUT2D eigenvalue weighted by Crippen LogP contribution is -2.44. The number of benzene rings is 2. The van der Waals surface area contributed by atoms with Crippen LogP contribution in [0.25, 0.3) is 10.9 Å². The number of aliphatic hydroxyl groups is 1. The van der Waals surface area contributed by atoms with Crippen molar-refractivity contribution in [2.24, 2.45) is 5.92 Å². The predicted molar refractivity (Wildman–Crippen MR) is 108 cm³/mol. The quantitative estimate of drug-likeness (QED) is 0.644. The number of nitrogens with zero attached hydrogens (tertiary/aromatic N) is 1. The van der Waals surface area contributed by atoms with Crippen molar-refractivity contribution in [1.82, 2.24) is 9.88 Å². The van der Waals surface area contributed by atoms with Crippen molar-refractivity contribution < 1.29 is 9.90 Å². The SMILES string of the molecule is O=C(Cc1c[nH]c2cc(Cl)ccc12)N(Cc1ccccc1)C(CO)C1CC1. The number of aromatic amines is 1. The van der Waals surface area contributed by atoms with E-state index in [-0.39, 0.29) is 18.6 Å². The third-order valence-electron chi connectivity index (χ3n) is 5.34. The van der Waals surface area contributed by atoms with E-state index in [9.17, 15) is 9.90 Å². The van der Waals surface area contributed by atoms with E-state index in [1.165, 1.54) is 0 Å². The van der Waals surface area contributed by atoms with Gasteiger partial charge in [-0.05, 0) is 42.0 Å². The maximum absolute atomic E-state index is 13.2. The highest BCUT2D eigenvalue weighted by Gasteiger charge is 2.37. The second-order valence-electron chi connectivity index (χ2n) is 7.28. The molecule has 140 valence electrons. The Kier molecular flexibility index (Phi) is 5.19. The summed E-state index contributed by atoms with van der Waals surface area (Å²) in [5.74, 6) is 0.449. The Morgan fingerprint density at radius 1 is 1.22 bits per heavy atom. The minimum Gasteiger partial charge on any atom is -0.394 e. The highest BCUT2D eigenvalue weighted by atomic mass is 35.5. The Morgan fingerprint density at radius 2 is 2.00 bits per heavy atom. The van der Waals surface area contributed by atoms with Gasteiger partial charge in [0, 0.05) is 28.7 Å². The van der Waals surface area contributed by atoms with E-state index in [1.807, 2.05) is 59.6 Å². The molecule has 1 saturated carbocycles. The summed E-state index contributed by atoms with van der Waals surface area (Å²) in [6, 6.07) is 15.5. The molecule has 4 nitrogen and oxygen atoms in total. The van der Waals surface area contributed by atoms with Gasteiger partial charge in [0.2, 0.25) is 5.91 Å². The number of halogens is 1. The molecule has 1 amide bonds. The van der Waals surface area contributed by atoms with Crippen LogP contribution in [0.5, 0.6) is 0 Å². The fraction of sp³-hybridized carbons (Fsp3) is 0.318. The minimum atomic E-state index is -0.114. The Balaban J connectivity index is 1.59. The molecule has 0 saturated heterocycles. The van der Waals surface area contributed by atoms with Crippen molar-refractivity contribution in [2.45, 2.75) is 31.8 Å². The molecule has 4 rings (SSSR count). The molecule has 2 aromatic carbocycles. The first kappa shape index (κ1) is 18.1. The van der Waals surface area contributed by atoms with E-state index in [2.05, 4.69) is 4.98 Å². The third-order valence-corrected chi connectivity index (χ3v) is 5.58. The number of carbonyl (C=O) groups is 1. The maximum Gasteiger partial charge on any atom is 0.227 e. The second-order valence-corrected chi connectivity index (χ2v) is 7.71. The van der Waals surface area contributed by atoms with Crippen LogP contribution < -0.4 is 0 Å². The van der Waals surface area contributed by atoms with Crippen LogP contribution >= 0.6 is 11.6 Å². The molecule has 1 aromatic heterocycles. The fourth-order valence-electron chi connectivity index (χ4n) is 3.72. The standard InChI is InChI=1S/C22H23ClN2O2/c23-18-8-9-19-17(12-24-20(19)11-18)10-22(27)25(21(14-26)16-6-7-16)13-15-4-2-1-3-5-15/h1-5,8-9,11-12,16,21,24,26H,6-7,10,13-14H2. The molecule has 1 heterocycles. The van der Waals surface area contributed by atoms with Crippen LogP contribution in [0.3, 0.4) is 0 Å². The molecule has 0 bridgehead atoms. The van der Waals surface area contributed by atoms with E-state index in [4.69, 9.17) is 11.6 Å². The Morgan fingerprint density at radius 3 is 2.70 bits per heavy atom. The molecular formula is C22H23ClN2O2. The van der Waals surface area contributed by atoms with Gasteiger partial charge < -0.3 is 15.0 Å². The molecule has 1 aliphatic carbocycles. The van der Waals surface area contributed by atoms with Crippen LogP contribution in [-0.4, -0.2) is 33.5 Å². The lowest BCUT2D eigenvalue weighted by atomic mass is 10.1. The number of aliphatic hydroxyl groups excluding tert-OH is 1. The van der Waals surface area contributed by atoms with E-state index in [1.54, 1.807) is 0 Å². The van der Waals surface area contributed by atoms with Gasteiger partial charge in [0.05, 0.1) is 19.1 Å². The molecule has 0 spiro atoms. The molecule has 27 heavy (non-hydrogen) atoms. The molecule has 1 unspecified atom stereocenters. The predicted octanol–water partition coefficient (Wildman–Crippen LogP) is 4.16. The summed E-state index contributed by atoms with van der Waals surface area (Å²) < 4.78 is 0. The molecule has 5 heteroatoms. The zero-order valence-electron chi connectivity index (χ0n) is 15.1. The van der Waals surface area contributed by atoms with Gasteiger partial charge in [0.15, 0.2) is 0 Å². The van der Waals surface area contributed by atoms with E-state index in [0.29, 0.717) is 23.9 Å². The molecule has 3 aromatic rings. The molecule has 1 fully saturated rings. The lowest BCUT2D eigenvalue weighted by molar-refractivity contribution is -0.135. The fourth-order valence-corrected chi connectivity index (χ4v) is 3.89. The lowest BCUT2D eigenvalue weighted by Gasteiger charge is -2.31. The number of nitrogens with one attached hydrogen (secondary N) is 1. The Labute approximate surface area is 163 Å². The third kappa shape index (κ3) is 4.02. The van der Waals surface area contributed by atoms with E-state index < -0.39 is 0 Å². The second kappa shape index (κ2) is 7.75. The minimum absolute atomic E-state index is 0.00668. The normalized spacial score (nSPS) is 15.0. The summed E-state index contributed by atoms with van der Waals surface area (Å²) in [4.78, 5) is 18.3. The maximum atomic E-state index is 13.2. The van der Waals surface area contributed by atoms with Crippen LogP contribution in [0.4, 0.5) is 0 Å². The average Bonchev–Trinajstić information content (AvgIpc) is 3.44. The van der Waals surface area contributed by atoms with Crippen molar-refractivity contribution in [3.63, 3.8) is 0 Å². The number of hydrogen-bond donors (Lipinski definition) is 2. The number of fused-ring (bicyclic) bond motifs is 1. The number of aromatic nitrogens is 1. The first-order valence-corrected chi connectivity index (χ1v) is 9.73. The largest absolute Gasteiger partial charge is 0.394 e. The number of carbonyl (C=O) groups excluding carboxylic acids is 1. The van der Waals surface area contributed by atoms with Crippen molar-refractivity contribution in [2.75, 3.05) is 6.61 Å². The number of amides is 1. The number of rotatable bonds is 7. The average molecular weight is 383 g/mol. The van der Waals surface area contributed by atoms with Gasteiger partial charge >= 0.3 is 0 Å². The van der Waals surface area contributed by atoms with Gasteiger partial charge in [0.1, 0.15) is 0 Å². The van der Waals surface area contributed by atoms with Crippen LogP contribution in [0, 0.1) is 5.92 Å². The van der Waals surface area contributed by atoms with Gasteiger partial charge in [-0.1, -0.05) is 48.0 Å². The number of hydrogen-bond acceptors (Lipinski definition) is 2. The molecule has 1 atom stereocenters. The first-order valence-electron chi connectivity index (χ1n) is 9.35. The van der Waals surface area contributed by atoms with Gasteiger partial charge in [-0.15, -0.1) is 0 Å². The zero-order valence-corrected chi connectivity index (χ0v) is 15.8. The van der Waals surface area contributed by atoms with Crippen molar-refractivity contribution in [1.29, 1.82) is 0 Å². The number of H-pyrrole nitrogens is 1. The topological polar surface area (TPSA) is 56.3 Å². The molecular weight excluding hydrogens is 360 g/mol. The van der Waals surface area contributed by atoms with Crippen molar-refractivity contribution in [3.8, 4) is 0 Å². The zero-order chi connectivity index (χ0) is 18.8. The van der Waals surface area contributed by atoms with Crippen LogP contribution in [0.15, 0.2) is 54.7 Å².